The molecule has 1 rings (SSSR count). The van der Waals surface area contributed by atoms with Crippen molar-refractivity contribution in [3.05, 3.63) is 40.4 Å². The fourth-order valence-electron chi connectivity index (χ4n) is 1.32. The molecule has 0 atom stereocenters. The van der Waals surface area contributed by atoms with E-state index in [9.17, 15) is 9.70 Å². The average Bonchev–Trinajstić information content (AvgIpc) is 2.34. The molecule has 0 aliphatic heterocycles. The maximum absolute atomic E-state index is 11.5. The van der Waals surface area contributed by atoms with Crippen molar-refractivity contribution in [1.82, 2.24) is 4.90 Å². The summed E-state index contributed by atoms with van der Waals surface area (Å²) in [5, 5.41) is 2.90. The highest BCUT2D eigenvalue weighted by Gasteiger charge is 2.13. The first-order valence-corrected chi connectivity index (χ1v) is 4.99. The third-order valence-electron chi connectivity index (χ3n) is 2.13. The highest BCUT2D eigenvalue weighted by Crippen LogP contribution is 2.25. The second kappa shape index (κ2) is 5.79. The smallest absolute Gasteiger partial charge is 0.338 e. The van der Waals surface area contributed by atoms with E-state index in [2.05, 4.69) is 9.91 Å². The molecule has 0 aromatic heterocycles. The largest absolute Gasteiger partial charge is 0.465 e. The monoisotopic (exact) mass is 234 g/mol. The van der Waals surface area contributed by atoms with Gasteiger partial charge in [-0.1, -0.05) is 6.07 Å². The first-order chi connectivity index (χ1) is 8.10. The van der Waals surface area contributed by atoms with Gasteiger partial charge in [-0.25, -0.2) is 4.79 Å². The number of hydrogen-bond donors (Lipinski definition) is 0. The number of ether oxygens (including phenoxy) is 1. The number of nitrogens with zero attached hydrogens (tertiary/aromatic N) is 2. The minimum atomic E-state index is -0.492. The van der Waals surface area contributed by atoms with Crippen LogP contribution in [0, 0.1) is 4.91 Å². The molecule has 0 heterocycles. The Morgan fingerprint density at radius 2 is 2.12 bits per heavy atom. The lowest BCUT2D eigenvalue weighted by Crippen LogP contribution is -2.05. The quantitative estimate of drug-likeness (QED) is 0.593. The molecule has 5 nitrogen and oxygen atoms in total. The average molecular weight is 234 g/mol. The highest BCUT2D eigenvalue weighted by molar-refractivity contribution is 5.95. The van der Waals surface area contributed by atoms with E-state index in [4.69, 9.17) is 0 Å². The van der Waals surface area contributed by atoms with E-state index in [1.165, 1.54) is 7.11 Å². The molecule has 0 aliphatic rings. The van der Waals surface area contributed by atoms with Crippen molar-refractivity contribution < 1.29 is 9.53 Å². The molecular weight excluding hydrogens is 220 g/mol. The Hall–Kier alpha value is -2.17. The first-order valence-electron chi connectivity index (χ1n) is 4.99. The van der Waals surface area contributed by atoms with Gasteiger partial charge in [0.25, 0.3) is 0 Å². The van der Waals surface area contributed by atoms with Gasteiger partial charge in [0, 0.05) is 19.7 Å². The first kappa shape index (κ1) is 12.9. The fraction of sp³-hybridized carbons (Fsp3) is 0.250. The van der Waals surface area contributed by atoms with E-state index in [0.717, 1.165) is 0 Å². The lowest BCUT2D eigenvalue weighted by molar-refractivity contribution is 0.0600. The number of benzene rings is 1. The number of carbonyl (C=O) groups excluding carboxylic acids is 1. The summed E-state index contributed by atoms with van der Waals surface area (Å²) in [6.07, 6.45) is 3.39. The molecule has 0 amide bonds. The van der Waals surface area contributed by atoms with Crippen molar-refractivity contribution in [3.8, 4) is 0 Å². The molecule has 90 valence electrons. The standard InChI is InChI=1S/C12H14N2O3/c1-14(2)8-7-9-10(12(15)17-3)5-4-6-11(9)13-16/h4-8H,1-3H3/b8-7+. The number of methoxy groups -OCH3 is 1. The summed E-state index contributed by atoms with van der Waals surface area (Å²) in [7, 11) is 4.97. The summed E-state index contributed by atoms with van der Waals surface area (Å²) in [5.41, 5.74) is 0.997. The minimum absolute atomic E-state index is 0.214. The van der Waals surface area contributed by atoms with Crippen molar-refractivity contribution in [2.24, 2.45) is 5.18 Å². The lowest BCUT2D eigenvalue weighted by Gasteiger charge is -2.07. The van der Waals surface area contributed by atoms with Gasteiger partial charge in [-0.05, 0) is 29.6 Å². The normalized spacial score (nSPS) is 10.3. The van der Waals surface area contributed by atoms with Gasteiger partial charge < -0.3 is 9.64 Å². The Balaban J connectivity index is 3.30. The van der Waals surface area contributed by atoms with Crippen LogP contribution in [0.25, 0.3) is 6.08 Å². The minimum Gasteiger partial charge on any atom is -0.465 e. The van der Waals surface area contributed by atoms with E-state index in [1.807, 2.05) is 14.1 Å². The van der Waals surface area contributed by atoms with Gasteiger partial charge in [-0.3, -0.25) is 0 Å². The van der Waals surface area contributed by atoms with Gasteiger partial charge >= 0.3 is 5.97 Å². The predicted molar refractivity (Wildman–Crippen MR) is 66.0 cm³/mol. The van der Waals surface area contributed by atoms with Gasteiger partial charge in [-0.2, -0.15) is 0 Å². The van der Waals surface area contributed by atoms with Crippen LogP contribution in [0.15, 0.2) is 29.6 Å². The summed E-state index contributed by atoms with van der Waals surface area (Å²) in [5.74, 6) is -0.492. The van der Waals surface area contributed by atoms with Crippen LogP contribution < -0.4 is 0 Å². The zero-order valence-corrected chi connectivity index (χ0v) is 10.0. The molecule has 0 bridgehead atoms. The van der Waals surface area contributed by atoms with Crippen LogP contribution in [0.2, 0.25) is 0 Å². The SMILES string of the molecule is COC(=O)c1cccc(N=O)c1/C=C/N(C)C. The second-order valence-corrected chi connectivity index (χ2v) is 3.60. The molecule has 0 spiro atoms. The molecule has 0 fully saturated rings. The fourth-order valence-corrected chi connectivity index (χ4v) is 1.32. The molecule has 17 heavy (non-hydrogen) atoms. The van der Waals surface area contributed by atoms with Crippen LogP contribution in [0.1, 0.15) is 15.9 Å². The van der Waals surface area contributed by atoms with E-state index in [0.29, 0.717) is 11.1 Å². The molecule has 0 aliphatic carbocycles. The Kier molecular flexibility index (Phi) is 4.39. The molecule has 0 saturated heterocycles. The van der Waals surface area contributed by atoms with Gasteiger partial charge in [0.05, 0.1) is 12.7 Å². The van der Waals surface area contributed by atoms with E-state index in [-0.39, 0.29) is 5.69 Å². The number of esters is 1. The lowest BCUT2D eigenvalue weighted by atomic mass is 10.1. The number of nitroso groups, excluding NO2 is 1. The molecular formula is C12H14N2O3. The molecule has 0 unspecified atom stereocenters. The van der Waals surface area contributed by atoms with Gasteiger partial charge in [0.15, 0.2) is 0 Å². The van der Waals surface area contributed by atoms with E-state index in [1.54, 1.807) is 35.4 Å². The molecule has 0 radical (unpaired) electrons. The Bertz CT molecular complexity index is 453. The zero-order chi connectivity index (χ0) is 12.8. The second-order valence-electron chi connectivity index (χ2n) is 3.60. The molecule has 0 N–H and O–H groups in total. The maximum Gasteiger partial charge on any atom is 0.338 e. The zero-order valence-electron chi connectivity index (χ0n) is 10.0. The van der Waals surface area contributed by atoms with Crippen LogP contribution in [0.3, 0.4) is 0 Å². The van der Waals surface area contributed by atoms with E-state index >= 15 is 0 Å². The predicted octanol–water partition coefficient (Wildman–Crippen LogP) is 2.40. The van der Waals surface area contributed by atoms with Crippen LogP contribution >= 0.6 is 0 Å². The summed E-state index contributed by atoms with van der Waals surface area (Å²) in [6.45, 7) is 0. The molecule has 0 saturated carbocycles. The third kappa shape index (κ3) is 3.14. The summed E-state index contributed by atoms with van der Waals surface area (Å²) in [6, 6.07) is 4.74. The van der Waals surface area contributed by atoms with Crippen molar-refractivity contribution in [3.63, 3.8) is 0 Å². The van der Waals surface area contributed by atoms with Crippen molar-refractivity contribution >= 4 is 17.7 Å². The topological polar surface area (TPSA) is 59.0 Å². The molecule has 1 aromatic carbocycles. The van der Waals surface area contributed by atoms with Crippen molar-refractivity contribution in [2.75, 3.05) is 21.2 Å². The van der Waals surface area contributed by atoms with Gasteiger partial charge in [0.2, 0.25) is 0 Å². The maximum atomic E-state index is 11.5. The van der Waals surface area contributed by atoms with Crippen molar-refractivity contribution in [2.45, 2.75) is 0 Å². The van der Waals surface area contributed by atoms with E-state index < -0.39 is 5.97 Å². The Labute approximate surface area is 99.7 Å². The number of hydrogen-bond acceptors (Lipinski definition) is 5. The number of carbonyl (C=O) groups is 1. The van der Waals surface area contributed by atoms with Crippen LogP contribution in [-0.2, 0) is 4.74 Å². The third-order valence-corrected chi connectivity index (χ3v) is 2.13. The summed E-state index contributed by atoms with van der Waals surface area (Å²) >= 11 is 0. The van der Waals surface area contributed by atoms with Crippen LogP contribution in [-0.4, -0.2) is 32.1 Å². The van der Waals surface area contributed by atoms with Gasteiger partial charge in [0.1, 0.15) is 5.69 Å². The Morgan fingerprint density at radius 1 is 1.41 bits per heavy atom. The summed E-state index contributed by atoms with van der Waals surface area (Å²) < 4.78 is 4.65. The number of rotatable bonds is 4. The highest BCUT2D eigenvalue weighted by atomic mass is 16.5. The van der Waals surface area contributed by atoms with Crippen LogP contribution in [0.4, 0.5) is 5.69 Å². The van der Waals surface area contributed by atoms with Crippen LogP contribution in [0.5, 0.6) is 0 Å². The summed E-state index contributed by atoms with van der Waals surface area (Å²) in [4.78, 5) is 24.0. The van der Waals surface area contributed by atoms with Crippen molar-refractivity contribution in [1.29, 1.82) is 0 Å². The molecule has 5 heteroatoms. The Morgan fingerprint density at radius 3 is 2.65 bits per heavy atom. The molecule has 1 aromatic rings. The van der Waals surface area contributed by atoms with Gasteiger partial charge in [-0.15, -0.1) is 4.91 Å².